The zero-order valence-corrected chi connectivity index (χ0v) is 15.0. The van der Waals surface area contributed by atoms with Crippen molar-refractivity contribution >= 4 is 39.1 Å². The maximum absolute atomic E-state index is 12.4. The van der Waals surface area contributed by atoms with Crippen LogP contribution in [-0.2, 0) is 9.59 Å². The molecule has 0 aliphatic rings. The van der Waals surface area contributed by atoms with E-state index >= 15 is 0 Å². The van der Waals surface area contributed by atoms with Crippen LogP contribution < -0.4 is 10.6 Å². The number of anilines is 1. The van der Waals surface area contributed by atoms with Crippen molar-refractivity contribution in [3.05, 3.63) is 28.2 Å². The van der Waals surface area contributed by atoms with Gasteiger partial charge in [0, 0.05) is 29.5 Å². The normalized spacial score (nSPS) is 11.5. The van der Waals surface area contributed by atoms with Gasteiger partial charge in [0.1, 0.15) is 5.71 Å². The molecule has 0 saturated carbocycles. The van der Waals surface area contributed by atoms with E-state index in [0.717, 1.165) is 10.9 Å². The van der Waals surface area contributed by atoms with Crippen LogP contribution in [0.25, 0.3) is 0 Å². The number of carbonyl (C=O) groups is 2. The van der Waals surface area contributed by atoms with Gasteiger partial charge in [-0.25, -0.2) is 0 Å². The lowest BCUT2D eigenvalue weighted by Gasteiger charge is -2.14. The summed E-state index contributed by atoms with van der Waals surface area (Å²) in [6.45, 7) is 7.81. The average Bonchev–Trinajstić information content (AvgIpc) is 2.43. The monoisotopic (exact) mass is 367 g/mol. The lowest BCUT2D eigenvalue weighted by Crippen LogP contribution is -2.33. The average molecular weight is 368 g/mol. The van der Waals surface area contributed by atoms with E-state index in [2.05, 4.69) is 31.6 Å². The number of hydrogen-bond acceptors (Lipinski definition) is 3. The fourth-order valence-electron chi connectivity index (χ4n) is 1.84. The smallest absolute Gasteiger partial charge is 0.270 e. The predicted octanol–water partition coefficient (Wildman–Crippen LogP) is 3.13. The summed E-state index contributed by atoms with van der Waals surface area (Å²) < 4.78 is 0.816. The minimum atomic E-state index is -0.236. The molecule has 120 valence electrons. The van der Waals surface area contributed by atoms with Crippen LogP contribution in [0.4, 0.5) is 5.69 Å². The summed E-state index contributed by atoms with van der Waals surface area (Å²) in [6.07, 6.45) is 0.845. The second-order valence-electron chi connectivity index (χ2n) is 5.20. The number of halogens is 1. The highest BCUT2D eigenvalue weighted by molar-refractivity contribution is 9.10. The van der Waals surface area contributed by atoms with Crippen molar-refractivity contribution in [3.63, 3.8) is 0 Å². The number of carbonyl (C=O) groups excluding carboxylic acids is 2. The summed E-state index contributed by atoms with van der Waals surface area (Å²) in [5.74, 6) is -0.429. The van der Waals surface area contributed by atoms with Crippen LogP contribution in [0, 0.1) is 0 Å². The number of nitrogens with one attached hydrogen (secondary N) is 2. The van der Waals surface area contributed by atoms with Gasteiger partial charge < -0.3 is 10.6 Å². The lowest BCUT2D eigenvalue weighted by molar-refractivity contribution is -0.115. The summed E-state index contributed by atoms with van der Waals surface area (Å²) >= 11 is 3.40. The SMILES string of the molecule is CCCNC(=O)C(=NC(C)C)c1cc(Br)ccc1NC(C)=O. The van der Waals surface area contributed by atoms with Crippen molar-refractivity contribution in [1.29, 1.82) is 0 Å². The van der Waals surface area contributed by atoms with Gasteiger partial charge in [-0.15, -0.1) is 0 Å². The van der Waals surface area contributed by atoms with Crippen LogP contribution in [-0.4, -0.2) is 30.1 Å². The fourth-order valence-corrected chi connectivity index (χ4v) is 2.20. The minimum Gasteiger partial charge on any atom is -0.351 e. The van der Waals surface area contributed by atoms with Crippen LogP contribution >= 0.6 is 15.9 Å². The summed E-state index contributed by atoms with van der Waals surface area (Å²) in [4.78, 5) is 28.2. The standard InChI is InChI=1S/C16H22BrN3O2/c1-5-8-18-16(22)15(19-10(2)3)13-9-12(17)6-7-14(13)20-11(4)21/h6-7,9-10H,5,8H2,1-4H3,(H,18,22)(H,20,21). The Balaban J connectivity index is 3.32. The van der Waals surface area contributed by atoms with Crippen LogP contribution in [0.1, 0.15) is 39.7 Å². The van der Waals surface area contributed by atoms with Crippen LogP contribution in [0.15, 0.2) is 27.7 Å². The highest BCUT2D eigenvalue weighted by Crippen LogP contribution is 2.22. The molecule has 22 heavy (non-hydrogen) atoms. The van der Waals surface area contributed by atoms with Gasteiger partial charge in [-0.3, -0.25) is 14.6 Å². The number of rotatable bonds is 6. The second kappa shape index (κ2) is 8.68. The number of amides is 2. The Labute approximate surface area is 139 Å². The molecule has 2 amide bonds. The molecular weight excluding hydrogens is 346 g/mol. The number of hydrogen-bond donors (Lipinski definition) is 2. The molecule has 0 aliphatic carbocycles. The Morgan fingerprint density at radius 1 is 1.32 bits per heavy atom. The summed E-state index contributed by atoms with van der Waals surface area (Å²) in [6, 6.07) is 5.32. The highest BCUT2D eigenvalue weighted by Gasteiger charge is 2.18. The van der Waals surface area contributed by atoms with E-state index in [9.17, 15) is 9.59 Å². The molecule has 0 fully saturated rings. The minimum absolute atomic E-state index is 0.0356. The Hall–Kier alpha value is -1.69. The van der Waals surface area contributed by atoms with Crippen LogP contribution in [0.3, 0.4) is 0 Å². The molecule has 0 unspecified atom stereocenters. The molecule has 6 heteroatoms. The molecule has 1 rings (SSSR count). The molecule has 0 aliphatic heterocycles. The predicted molar refractivity (Wildman–Crippen MR) is 93.4 cm³/mol. The van der Waals surface area contributed by atoms with Crippen molar-refractivity contribution in [2.75, 3.05) is 11.9 Å². The van der Waals surface area contributed by atoms with E-state index in [4.69, 9.17) is 0 Å². The third-order valence-electron chi connectivity index (χ3n) is 2.69. The van der Waals surface area contributed by atoms with E-state index < -0.39 is 0 Å². The van der Waals surface area contributed by atoms with Crippen LogP contribution in [0.5, 0.6) is 0 Å². The highest BCUT2D eigenvalue weighted by atomic mass is 79.9. The maximum Gasteiger partial charge on any atom is 0.270 e. The molecular formula is C16H22BrN3O2. The molecule has 0 saturated heterocycles. The van der Waals surface area contributed by atoms with Gasteiger partial charge in [-0.1, -0.05) is 22.9 Å². The molecule has 5 nitrogen and oxygen atoms in total. The summed E-state index contributed by atoms with van der Waals surface area (Å²) in [7, 11) is 0. The largest absolute Gasteiger partial charge is 0.351 e. The third-order valence-corrected chi connectivity index (χ3v) is 3.18. The van der Waals surface area contributed by atoms with Crippen molar-refractivity contribution in [2.45, 2.75) is 40.2 Å². The number of aliphatic imine (C=N–C) groups is 1. The molecule has 0 aromatic heterocycles. The van der Waals surface area contributed by atoms with Gasteiger partial charge in [0.05, 0.1) is 5.69 Å². The van der Waals surface area contributed by atoms with Gasteiger partial charge in [0.15, 0.2) is 0 Å². The Bertz CT molecular complexity index is 583. The van der Waals surface area contributed by atoms with Crippen LogP contribution in [0.2, 0.25) is 0 Å². The Morgan fingerprint density at radius 2 is 2.00 bits per heavy atom. The first-order chi connectivity index (χ1) is 10.3. The van der Waals surface area contributed by atoms with E-state index in [1.165, 1.54) is 6.92 Å². The molecule has 0 spiro atoms. The number of nitrogens with zero attached hydrogens (tertiary/aromatic N) is 1. The molecule has 0 radical (unpaired) electrons. The fraction of sp³-hybridized carbons (Fsp3) is 0.438. The third kappa shape index (κ3) is 5.60. The summed E-state index contributed by atoms with van der Waals surface area (Å²) in [5.41, 5.74) is 1.50. The molecule has 1 aromatic rings. The molecule has 2 N–H and O–H groups in total. The Kier molecular flexibility index (Phi) is 7.24. The molecule has 0 atom stereocenters. The van der Waals surface area contributed by atoms with Crippen molar-refractivity contribution in [1.82, 2.24) is 5.32 Å². The first-order valence-electron chi connectivity index (χ1n) is 7.28. The van der Waals surface area contributed by atoms with Gasteiger partial charge >= 0.3 is 0 Å². The van der Waals surface area contributed by atoms with Gasteiger partial charge in [0.25, 0.3) is 5.91 Å². The van der Waals surface area contributed by atoms with Gasteiger partial charge in [-0.05, 0) is 38.5 Å². The molecule has 0 bridgehead atoms. The van der Waals surface area contributed by atoms with Gasteiger partial charge in [-0.2, -0.15) is 0 Å². The van der Waals surface area contributed by atoms with Gasteiger partial charge in [0.2, 0.25) is 5.91 Å². The van der Waals surface area contributed by atoms with Crippen molar-refractivity contribution in [3.8, 4) is 0 Å². The van der Waals surface area contributed by atoms with Crippen molar-refractivity contribution < 1.29 is 9.59 Å². The lowest BCUT2D eigenvalue weighted by atomic mass is 10.1. The molecule has 1 aromatic carbocycles. The first kappa shape index (κ1) is 18.4. The summed E-state index contributed by atoms with van der Waals surface area (Å²) in [5, 5.41) is 5.58. The zero-order chi connectivity index (χ0) is 16.7. The topological polar surface area (TPSA) is 70.6 Å². The maximum atomic E-state index is 12.4. The van der Waals surface area contributed by atoms with E-state index in [1.807, 2.05) is 26.8 Å². The number of benzene rings is 1. The van der Waals surface area contributed by atoms with E-state index in [0.29, 0.717) is 23.5 Å². The quantitative estimate of drug-likeness (QED) is 0.758. The molecule has 0 heterocycles. The van der Waals surface area contributed by atoms with E-state index in [-0.39, 0.29) is 17.9 Å². The van der Waals surface area contributed by atoms with E-state index in [1.54, 1.807) is 12.1 Å². The Morgan fingerprint density at radius 3 is 2.55 bits per heavy atom. The first-order valence-corrected chi connectivity index (χ1v) is 8.08. The second-order valence-corrected chi connectivity index (χ2v) is 6.11. The van der Waals surface area contributed by atoms with Crippen molar-refractivity contribution in [2.24, 2.45) is 4.99 Å². The zero-order valence-electron chi connectivity index (χ0n) is 13.4.